The molecule has 10 nitrogen and oxygen atoms in total. The molecule has 1 fully saturated rings. The maximum absolute atomic E-state index is 14.2. The topological polar surface area (TPSA) is 137 Å². The van der Waals surface area contributed by atoms with Crippen molar-refractivity contribution in [3.05, 3.63) is 59.7 Å². The fraction of sp³-hybridized carbons (Fsp3) is 0.448. The molecule has 1 atom stereocenters. The Morgan fingerprint density at radius 2 is 1.77 bits per heavy atom. The normalized spacial score (nSPS) is 19.6. The van der Waals surface area contributed by atoms with E-state index in [9.17, 15) is 22.8 Å². The standard InChI is InChI=1S/C29H37N5O5S/c1-5-17-34-24-16-9-6-11-21(24)19-30-29(26(34)36,22-13-7-8-14-22)32-27(37)31-23-15-10-12-20(18-23)25(35)33-40(38,39)28(2,3)4/h6,9-12,15-16,18-19,22H,5,7-8,13-14,17H2,1-4H3,(H,33,35)(H2,31,32,37). The van der Waals surface area contributed by atoms with E-state index in [1.54, 1.807) is 17.2 Å². The maximum Gasteiger partial charge on any atom is 0.321 e. The largest absolute Gasteiger partial charge is 0.321 e. The minimum atomic E-state index is -3.92. The Balaban J connectivity index is 1.61. The number of sulfonamides is 1. The number of urea groups is 1. The smallest absolute Gasteiger partial charge is 0.308 e. The van der Waals surface area contributed by atoms with Crippen LogP contribution in [0.3, 0.4) is 0 Å². The van der Waals surface area contributed by atoms with Crippen molar-refractivity contribution in [1.29, 1.82) is 0 Å². The number of nitrogens with one attached hydrogen (secondary N) is 3. The molecule has 2 aliphatic rings. The quantitative estimate of drug-likeness (QED) is 0.455. The van der Waals surface area contributed by atoms with Crippen LogP contribution in [0.25, 0.3) is 0 Å². The molecule has 0 spiro atoms. The zero-order valence-electron chi connectivity index (χ0n) is 23.4. The minimum absolute atomic E-state index is 0.0595. The number of amides is 4. The van der Waals surface area contributed by atoms with Crippen molar-refractivity contribution in [1.82, 2.24) is 10.0 Å². The molecule has 0 radical (unpaired) electrons. The number of rotatable bonds is 7. The van der Waals surface area contributed by atoms with Crippen molar-refractivity contribution < 1.29 is 22.8 Å². The molecular weight excluding hydrogens is 530 g/mol. The van der Waals surface area contributed by atoms with Crippen LogP contribution in [0.4, 0.5) is 16.2 Å². The molecule has 3 N–H and O–H groups in total. The van der Waals surface area contributed by atoms with E-state index in [2.05, 4.69) is 15.4 Å². The van der Waals surface area contributed by atoms with Gasteiger partial charge in [-0.1, -0.05) is 44.0 Å². The number of carbonyl (C=O) groups excluding carboxylic acids is 3. The number of fused-ring (bicyclic) bond motifs is 1. The van der Waals surface area contributed by atoms with Crippen LogP contribution in [-0.4, -0.2) is 49.4 Å². The summed E-state index contributed by atoms with van der Waals surface area (Å²) < 4.78 is 25.8. The van der Waals surface area contributed by atoms with Crippen LogP contribution in [0.15, 0.2) is 53.5 Å². The first-order chi connectivity index (χ1) is 18.9. The zero-order chi connectivity index (χ0) is 29.1. The number of hydrogen-bond acceptors (Lipinski definition) is 6. The third kappa shape index (κ3) is 5.89. The molecule has 4 amide bonds. The van der Waals surface area contributed by atoms with E-state index in [-0.39, 0.29) is 23.1 Å². The summed E-state index contributed by atoms with van der Waals surface area (Å²) in [5.74, 6) is -1.27. The predicted molar refractivity (Wildman–Crippen MR) is 156 cm³/mol. The highest BCUT2D eigenvalue weighted by atomic mass is 32.2. The second-order valence-electron chi connectivity index (χ2n) is 11.2. The lowest BCUT2D eigenvalue weighted by Crippen LogP contribution is -2.63. The van der Waals surface area contributed by atoms with E-state index in [1.165, 1.54) is 39.0 Å². The van der Waals surface area contributed by atoms with E-state index in [0.717, 1.165) is 43.4 Å². The predicted octanol–water partition coefficient (Wildman–Crippen LogP) is 4.43. The number of hydrogen-bond donors (Lipinski definition) is 3. The molecule has 11 heteroatoms. The molecule has 0 aromatic heterocycles. The third-order valence-corrected chi connectivity index (χ3v) is 9.39. The number of benzodiazepines with no additional fused rings is 1. The molecule has 2 aromatic rings. The van der Waals surface area contributed by atoms with Gasteiger partial charge >= 0.3 is 6.03 Å². The van der Waals surface area contributed by atoms with Crippen molar-refractivity contribution in [2.45, 2.75) is 70.2 Å². The molecule has 1 aliphatic carbocycles. The summed E-state index contributed by atoms with van der Waals surface area (Å²) in [6.07, 6.45) is 5.77. The number of benzene rings is 2. The lowest BCUT2D eigenvalue weighted by atomic mass is 9.89. The van der Waals surface area contributed by atoms with Crippen molar-refractivity contribution in [3.63, 3.8) is 0 Å². The van der Waals surface area contributed by atoms with Gasteiger partial charge in [-0.05, 0) is 64.3 Å². The fourth-order valence-corrected chi connectivity index (χ4v) is 5.72. The monoisotopic (exact) mass is 567 g/mol. The molecule has 1 heterocycles. The molecule has 214 valence electrons. The van der Waals surface area contributed by atoms with Gasteiger partial charge in [0.05, 0.1) is 10.4 Å². The summed E-state index contributed by atoms with van der Waals surface area (Å²) >= 11 is 0. The molecule has 40 heavy (non-hydrogen) atoms. The lowest BCUT2D eigenvalue weighted by Gasteiger charge is -2.37. The number of carbonyl (C=O) groups is 3. The molecular formula is C29H37N5O5S. The van der Waals surface area contributed by atoms with Crippen molar-refractivity contribution >= 4 is 45.5 Å². The number of nitrogens with zero attached hydrogens (tertiary/aromatic N) is 2. The average molecular weight is 568 g/mol. The van der Waals surface area contributed by atoms with Gasteiger partial charge in [0.25, 0.3) is 11.8 Å². The van der Waals surface area contributed by atoms with Gasteiger partial charge in [0.2, 0.25) is 15.7 Å². The van der Waals surface area contributed by atoms with Gasteiger partial charge in [0.1, 0.15) is 0 Å². The first-order valence-corrected chi connectivity index (χ1v) is 15.1. The van der Waals surface area contributed by atoms with Crippen molar-refractivity contribution in [3.8, 4) is 0 Å². The van der Waals surface area contributed by atoms with Gasteiger partial charge in [0, 0.05) is 35.5 Å². The van der Waals surface area contributed by atoms with Crippen molar-refractivity contribution in [2.24, 2.45) is 10.9 Å². The summed E-state index contributed by atoms with van der Waals surface area (Å²) in [5, 5.41) is 5.62. The first-order valence-electron chi connectivity index (χ1n) is 13.6. The average Bonchev–Trinajstić information content (AvgIpc) is 3.41. The Morgan fingerprint density at radius 1 is 1.07 bits per heavy atom. The maximum atomic E-state index is 14.2. The second kappa shape index (κ2) is 11.4. The Kier molecular flexibility index (Phi) is 8.34. The Hall–Kier alpha value is -3.73. The molecule has 1 saturated carbocycles. The third-order valence-electron chi connectivity index (χ3n) is 7.32. The minimum Gasteiger partial charge on any atom is -0.308 e. The van der Waals surface area contributed by atoms with Gasteiger partial charge in [0.15, 0.2) is 0 Å². The number of aliphatic imine (C=N–C) groups is 1. The van der Waals surface area contributed by atoms with E-state index in [4.69, 9.17) is 4.99 Å². The van der Waals surface area contributed by atoms with Gasteiger partial charge in [-0.25, -0.2) is 17.9 Å². The lowest BCUT2D eigenvalue weighted by molar-refractivity contribution is -0.126. The first kappa shape index (κ1) is 29.3. The molecule has 0 bridgehead atoms. The SMILES string of the molecule is CCCN1C(=O)C(NC(=O)Nc2cccc(C(=O)NS(=O)(=O)C(C)(C)C)c2)(C2CCCC2)N=Cc2ccccc21. The van der Waals surface area contributed by atoms with E-state index >= 15 is 0 Å². The van der Waals surface area contributed by atoms with Crippen LogP contribution in [-0.2, 0) is 14.8 Å². The zero-order valence-corrected chi connectivity index (χ0v) is 24.2. The Bertz CT molecular complexity index is 1430. The molecule has 0 saturated heterocycles. The summed E-state index contributed by atoms with van der Waals surface area (Å²) in [6, 6.07) is 12.8. The van der Waals surface area contributed by atoms with Gasteiger partial charge in [-0.3, -0.25) is 14.6 Å². The van der Waals surface area contributed by atoms with Crippen LogP contribution >= 0.6 is 0 Å². The summed E-state index contributed by atoms with van der Waals surface area (Å²) in [5.41, 5.74) is 0.382. The highest BCUT2D eigenvalue weighted by molar-refractivity contribution is 7.91. The Labute approximate surface area is 235 Å². The Morgan fingerprint density at radius 3 is 2.45 bits per heavy atom. The van der Waals surface area contributed by atoms with Crippen LogP contribution in [0.2, 0.25) is 0 Å². The van der Waals surface area contributed by atoms with Gasteiger partial charge in [-0.2, -0.15) is 0 Å². The van der Waals surface area contributed by atoms with Crippen LogP contribution in [0, 0.1) is 5.92 Å². The van der Waals surface area contributed by atoms with Gasteiger partial charge < -0.3 is 15.5 Å². The van der Waals surface area contributed by atoms with E-state index < -0.39 is 32.4 Å². The molecule has 1 unspecified atom stereocenters. The number of anilines is 2. The highest BCUT2D eigenvalue weighted by Crippen LogP contribution is 2.39. The second-order valence-corrected chi connectivity index (χ2v) is 13.7. The molecule has 4 rings (SSSR count). The number of para-hydroxylation sites is 1. The highest BCUT2D eigenvalue weighted by Gasteiger charge is 2.51. The summed E-state index contributed by atoms with van der Waals surface area (Å²) in [4.78, 5) is 46.8. The van der Waals surface area contributed by atoms with E-state index in [1.807, 2.05) is 31.2 Å². The summed E-state index contributed by atoms with van der Waals surface area (Å²) in [7, 11) is -3.92. The van der Waals surface area contributed by atoms with Crippen LogP contribution in [0.5, 0.6) is 0 Å². The fourth-order valence-electron chi connectivity index (χ4n) is 5.05. The van der Waals surface area contributed by atoms with Crippen molar-refractivity contribution in [2.75, 3.05) is 16.8 Å². The van der Waals surface area contributed by atoms with E-state index in [0.29, 0.717) is 6.54 Å². The summed E-state index contributed by atoms with van der Waals surface area (Å²) in [6.45, 7) is 6.94. The van der Waals surface area contributed by atoms with Gasteiger partial charge in [-0.15, -0.1) is 0 Å². The molecule has 1 aliphatic heterocycles. The van der Waals surface area contributed by atoms with Crippen LogP contribution in [0.1, 0.15) is 75.7 Å². The van der Waals surface area contributed by atoms with Crippen LogP contribution < -0.4 is 20.3 Å². The molecule has 2 aromatic carbocycles.